The van der Waals surface area contributed by atoms with Gasteiger partial charge in [-0.25, -0.2) is 0 Å². The number of hydrogen-bond donors (Lipinski definition) is 1. The van der Waals surface area contributed by atoms with E-state index in [9.17, 15) is 0 Å². The molecular formula is C10H20ClN. The topological polar surface area (TPSA) is 26.0 Å². The summed E-state index contributed by atoms with van der Waals surface area (Å²) in [5.74, 6) is 0. The van der Waals surface area contributed by atoms with E-state index in [0.29, 0.717) is 6.04 Å². The minimum Gasteiger partial charge on any atom is -0.327 e. The van der Waals surface area contributed by atoms with E-state index < -0.39 is 0 Å². The number of rotatable bonds is 3. The maximum atomic E-state index is 5.86. The molecule has 1 atom stereocenters. The highest BCUT2D eigenvalue weighted by Crippen LogP contribution is 2.21. The molecule has 1 nitrogen and oxygen atoms in total. The zero-order valence-corrected chi connectivity index (χ0v) is 8.70. The lowest BCUT2D eigenvalue weighted by Crippen LogP contribution is -2.19. The van der Waals surface area contributed by atoms with Crippen molar-refractivity contribution in [2.45, 2.75) is 51.5 Å². The SMILES string of the molecule is CCC(N)CC1=CCCCC1.Cl. The second-order valence-electron chi connectivity index (χ2n) is 3.48. The van der Waals surface area contributed by atoms with Crippen LogP contribution in [0.5, 0.6) is 0 Å². The first-order valence-electron chi connectivity index (χ1n) is 4.76. The molecular weight excluding hydrogens is 170 g/mol. The van der Waals surface area contributed by atoms with Crippen LogP contribution in [0.3, 0.4) is 0 Å². The molecule has 0 heterocycles. The smallest absolute Gasteiger partial charge is 0.00734 e. The van der Waals surface area contributed by atoms with Crippen LogP contribution in [0.1, 0.15) is 45.4 Å². The first-order valence-corrected chi connectivity index (χ1v) is 4.76. The molecule has 0 aromatic heterocycles. The van der Waals surface area contributed by atoms with Crippen molar-refractivity contribution < 1.29 is 0 Å². The van der Waals surface area contributed by atoms with Crippen molar-refractivity contribution in [3.63, 3.8) is 0 Å². The van der Waals surface area contributed by atoms with Gasteiger partial charge in [0.2, 0.25) is 0 Å². The summed E-state index contributed by atoms with van der Waals surface area (Å²) in [5.41, 5.74) is 7.47. The lowest BCUT2D eigenvalue weighted by atomic mass is 9.94. The number of hydrogen-bond acceptors (Lipinski definition) is 1. The van der Waals surface area contributed by atoms with Gasteiger partial charge in [-0.05, 0) is 38.5 Å². The molecule has 0 spiro atoms. The average Bonchev–Trinajstić information content (AvgIpc) is 2.06. The van der Waals surface area contributed by atoms with Gasteiger partial charge in [-0.15, -0.1) is 12.4 Å². The van der Waals surface area contributed by atoms with Crippen LogP contribution in [0.4, 0.5) is 0 Å². The summed E-state index contributed by atoms with van der Waals surface area (Å²) in [6.07, 6.45) is 9.97. The fourth-order valence-electron chi connectivity index (χ4n) is 1.57. The molecule has 0 saturated carbocycles. The highest BCUT2D eigenvalue weighted by atomic mass is 35.5. The minimum atomic E-state index is 0. The number of nitrogens with two attached hydrogens (primary N) is 1. The van der Waals surface area contributed by atoms with Crippen LogP contribution in [0.15, 0.2) is 11.6 Å². The van der Waals surface area contributed by atoms with E-state index in [1.165, 1.54) is 25.7 Å². The normalized spacial score (nSPS) is 19.3. The molecule has 0 aromatic carbocycles. The molecule has 0 saturated heterocycles. The van der Waals surface area contributed by atoms with E-state index >= 15 is 0 Å². The molecule has 0 aromatic rings. The quantitative estimate of drug-likeness (QED) is 0.679. The van der Waals surface area contributed by atoms with Gasteiger partial charge in [0.15, 0.2) is 0 Å². The molecule has 0 radical (unpaired) electrons. The molecule has 1 aliphatic rings. The summed E-state index contributed by atoms with van der Waals surface area (Å²) in [4.78, 5) is 0. The van der Waals surface area contributed by atoms with Gasteiger partial charge in [0.05, 0.1) is 0 Å². The fraction of sp³-hybridized carbons (Fsp3) is 0.800. The van der Waals surface area contributed by atoms with Crippen molar-refractivity contribution in [2.75, 3.05) is 0 Å². The molecule has 0 amide bonds. The van der Waals surface area contributed by atoms with Crippen molar-refractivity contribution in [3.8, 4) is 0 Å². The Morgan fingerprint density at radius 2 is 2.25 bits per heavy atom. The fourth-order valence-corrected chi connectivity index (χ4v) is 1.57. The second kappa shape index (κ2) is 6.50. The van der Waals surface area contributed by atoms with Crippen LogP contribution in [-0.4, -0.2) is 6.04 Å². The summed E-state index contributed by atoms with van der Waals surface area (Å²) in [7, 11) is 0. The monoisotopic (exact) mass is 189 g/mol. The molecule has 72 valence electrons. The Morgan fingerprint density at radius 1 is 1.50 bits per heavy atom. The first-order chi connectivity index (χ1) is 5.33. The summed E-state index contributed by atoms with van der Waals surface area (Å²) < 4.78 is 0. The van der Waals surface area contributed by atoms with Crippen LogP contribution in [-0.2, 0) is 0 Å². The lowest BCUT2D eigenvalue weighted by Gasteiger charge is -2.15. The van der Waals surface area contributed by atoms with Crippen LogP contribution >= 0.6 is 12.4 Å². The molecule has 2 N–H and O–H groups in total. The first kappa shape index (κ1) is 12.0. The summed E-state index contributed by atoms with van der Waals surface area (Å²) in [6.45, 7) is 2.16. The molecule has 1 rings (SSSR count). The molecule has 0 bridgehead atoms. The Balaban J connectivity index is 0.00000121. The van der Waals surface area contributed by atoms with E-state index in [4.69, 9.17) is 5.73 Å². The molecule has 0 fully saturated rings. The van der Waals surface area contributed by atoms with Gasteiger partial charge in [-0.2, -0.15) is 0 Å². The molecule has 1 aliphatic carbocycles. The predicted molar refractivity (Wildman–Crippen MR) is 56.7 cm³/mol. The van der Waals surface area contributed by atoms with Gasteiger partial charge in [0, 0.05) is 6.04 Å². The molecule has 0 aliphatic heterocycles. The van der Waals surface area contributed by atoms with Gasteiger partial charge in [0.1, 0.15) is 0 Å². The van der Waals surface area contributed by atoms with Crippen LogP contribution in [0.25, 0.3) is 0 Å². The Bertz CT molecular complexity index is 143. The van der Waals surface area contributed by atoms with Gasteiger partial charge < -0.3 is 5.73 Å². The zero-order chi connectivity index (χ0) is 8.10. The summed E-state index contributed by atoms with van der Waals surface area (Å²) >= 11 is 0. The Morgan fingerprint density at radius 3 is 2.75 bits per heavy atom. The summed E-state index contributed by atoms with van der Waals surface area (Å²) in [5, 5.41) is 0. The third kappa shape index (κ3) is 4.13. The Labute approximate surface area is 81.8 Å². The Hall–Kier alpha value is -0.0100. The van der Waals surface area contributed by atoms with Crippen molar-refractivity contribution >= 4 is 12.4 Å². The highest BCUT2D eigenvalue weighted by molar-refractivity contribution is 5.85. The number of allylic oxidation sites excluding steroid dienone is 1. The van der Waals surface area contributed by atoms with E-state index in [1.807, 2.05) is 0 Å². The third-order valence-corrected chi connectivity index (χ3v) is 2.43. The van der Waals surface area contributed by atoms with E-state index in [-0.39, 0.29) is 12.4 Å². The third-order valence-electron chi connectivity index (χ3n) is 2.43. The van der Waals surface area contributed by atoms with Crippen molar-refractivity contribution in [3.05, 3.63) is 11.6 Å². The second-order valence-corrected chi connectivity index (χ2v) is 3.48. The maximum Gasteiger partial charge on any atom is 0.00734 e. The standard InChI is InChI=1S/C10H19N.ClH/c1-2-10(11)8-9-6-4-3-5-7-9;/h6,10H,2-5,7-8,11H2,1H3;1H. The molecule has 12 heavy (non-hydrogen) atoms. The largest absolute Gasteiger partial charge is 0.327 e. The van der Waals surface area contributed by atoms with Crippen molar-refractivity contribution in [2.24, 2.45) is 5.73 Å². The minimum absolute atomic E-state index is 0. The van der Waals surface area contributed by atoms with Gasteiger partial charge in [0.25, 0.3) is 0 Å². The van der Waals surface area contributed by atoms with Gasteiger partial charge >= 0.3 is 0 Å². The maximum absolute atomic E-state index is 5.86. The Kier molecular flexibility index (Phi) is 6.49. The molecule has 1 unspecified atom stereocenters. The van der Waals surface area contributed by atoms with Crippen molar-refractivity contribution in [1.82, 2.24) is 0 Å². The average molecular weight is 190 g/mol. The van der Waals surface area contributed by atoms with Crippen molar-refractivity contribution in [1.29, 1.82) is 0 Å². The summed E-state index contributed by atoms with van der Waals surface area (Å²) in [6, 6.07) is 0.402. The van der Waals surface area contributed by atoms with Gasteiger partial charge in [-0.1, -0.05) is 18.6 Å². The lowest BCUT2D eigenvalue weighted by molar-refractivity contribution is 0.596. The highest BCUT2D eigenvalue weighted by Gasteiger charge is 2.06. The van der Waals surface area contributed by atoms with Gasteiger partial charge in [-0.3, -0.25) is 0 Å². The van der Waals surface area contributed by atoms with E-state index in [1.54, 1.807) is 5.57 Å². The van der Waals surface area contributed by atoms with E-state index in [0.717, 1.165) is 12.8 Å². The molecule has 2 heteroatoms. The zero-order valence-electron chi connectivity index (χ0n) is 7.88. The van der Waals surface area contributed by atoms with Crippen LogP contribution in [0, 0.1) is 0 Å². The van der Waals surface area contributed by atoms with Crippen LogP contribution in [0.2, 0.25) is 0 Å². The number of halogens is 1. The van der Waals surface area contributed by atoms with Crippen LogP contribution < -0.4 is 5.73 Å². The predicted octanol–water partition coefficient (Wildman–Crippen LogP) is 3.04. The van der Waals surface area contributed by atoms with E-state index in [2.05, 4.69) is 13.0 Å².